The molecule has 35 heavy (non-hydrogen) atoms. The molecule has 2 aromatic carbocycles. The van der Waals surface area contributed by atoms with Gasteiger partial charge in [0.05, 0.1) is 13.2 Å². The largest absolute Gasteiger partial charge is 0.505 e. The molecule has 7 nitrogen and oxygen atoms in total. The molecule has 0 aromatic heterocycles. The first kappa shape index (κ1) is 25.4. The summed E-state index contributed by atoms with van der Waals surface area (Å²) < 4.78 is 19.7. The number of carbonyl (C=O) groups excluding carboxylic acids is 1. The van der Waals surface area contributed by atoms with Gasteiger partial charge in [-0.25, -0.2) is 4.39 Å². The Hall–Kier alpha value is -2.68. The Morgan fingerprint density at radius 3 is 2.40 bits per heavy atom. The average molecular weight is 485 g/mol. The van der Waals surface area contributed by atoms with Crippen LogP contribution in [0.3, 0.4) is 0 Å². The highest BCUT2D eigenvalue weighted by molar-refractivity contribution is 5.82. The van der Waals surface area contributed by atoms with Crippen LogP contribution >= 0.6 is 0 Å². The van der Waals surface area contributed by atoms with Gasteiger partial charge in [-0.05, 0) is 56.0 Å². The molecule has 0 spiro atoms. The molecule has 190 valence electrons. The molecule has 1 atom stereocenters. The predicted molar refractivity (Wildman–Crippen MR) is 134 cm³/mol. The monoisotopic (exact) mass is 484 g/mol. The van der Waals surface area contributed by atoms with E-state index in [2.05, 4.69) is 34.1 Å². The number of hydrogen-bond acceptors (Lipinski definition) is 6. The number of benzene rings is 2. The standard InChI is InChI=1S/C27H37FN4O3/c1-35-24-8-7-23(33)25(28)22(24)19-31-15-17-32(18-16-31)27(34)26(29)21-10-13-30(14-11-21)12-9-20-5-3-2-4-6-20/h2-8,21,26,33H,9-19,29H2,1H3/t26-/m1/s1. The number of rotatable bonds is 8. The lowest BCUT2D eigenvalue weighted by Crippen LogP contribution is -2.55. The van der Waals surface area contributed by atoms with E-state index in [9.17, 15) is 14.3 Å². The molecular formula is C27H37FN4O3. The molecule has 2 saturated heterocycles. The third kappa shape index (κ3) is 6.31. The highest BCUT2D eigenvalue weighted by Gasteiger charge is 2.33. The minimum absolute atomic E-state index is 0.0218. The van der Waals surface area contributed by atoms with Gasteiger partial charge >= 0.3 is 0 Å². The van der Waals surface area contributed by atoms with Crippen LogP contribution in [0.15, 0.2) is 42.5 Å². The van der Waals surface area contributed by atoms with Crippen LogP contribution in [-0.4, -0.2) is 84.7 Å². The number of nitrogens with two attached hydrogens (primary N) is 1. The van der Waals surface area contributed by atoms with Crippen LogP contribution in [0.4, 0.5) is 4.39 Å². The number of phenols is 1. The number of piperazine rings is 1. The van der Waals surface area contributed by atoms with Gasteiger partial charge in [-0.3, -0.25) is 9.69 Å². The second-order valence-electron chi connectivity index (χ2n) is 9.62. The summed E-state index contributed by atoms with van der Waals surface area (Å²) >= 11 is 0. The number of likely N-dealkylation sites (tertiary alicyclic amines) is 1. The fourth-order valence-corrected chi connectivity index (χ4v) is 5.16. The Morgan fingerprint density at radius 1 is 1.06 bits per heavy atom. The van der Waals surface area contributed by atoms with Crippen LogP contribution in [0.5, 0.6) is 11.5 Å². The smallest absolute Gasteiger partial charge is 0.239 e. The summed E-state index contributed by atoms with van der Waals surface area (Å²) in [6.45, 7) is 5.66. The van der Waals surface area contributed by atoms with Gasteiger partial charge in [0.25, 0.3) is 0 Å². The summed E-state index contributed by atoms with van der Waals surface area (Å²) in [7, 11) is 1.49. The number of methoxy groups -OCH3 is 1. The van der Waals surface area contributed by atoms with E-state index < -0.39 is 11.9 Å². The maximum absolute atomic E-state index is 14.4. The third-order valence-corrected chi connectivity index (χ3v) is 7.45. The Morgan fingerprint density at radius 2 is 1.74 bits per heavy atom. The molecule has 0 saturated carbocycles. The van der Waals surface area contributed by atoms with Gasteiger partial charge in [0, 0.05) is 44.8 Å². The fraction of sp³-hybridized carbons (Fsp3) is 0.519. The molecule has 1 amide bonds. The van der Waals surface area contributed by atoms with Gasteiger partial charge in [0.15, 0.2) is 11.6 Å². The number of phenolic OH excluding ortho intramolecular Hbond substituents is 1. The maximum Gasteiger partial charge on any atom is 0.239 e. The average Bonchev–Trinajstić information content (AvgIpc) is 2.91. The minimum atomic E-state index is -0.653. The highest BCUT2D eigenvalue weighted by Crippen LogP contribution is 2.29. The normalized spacial score (nSPS) is 19.0. The molecular weight excluding hydrogens is 447 g/mol. The second-order valence-corrected chi connectivity index (χ2v) is 9.62. The van der Waals surface area contributed by atoms with Crippen LogP contribution in [0.25, 0.3) is 0 Å². The number of halogens is 1. The van der Waals surface area contributed by atoms with E-state index >= 15 is 0 Å². The number of piperidine rings is 1. The van der Waals surface area contributed by atoms with Crippen molar-refractivity contribution >= 4 is 5.91 Å². The first-order valence-corrected chi connectivity index (χ1v) is 12.5. The van der Waals surface area contributed by atoms with Gasteiger partial charge in [-0.15, -0.1) is 0 Å². The summed E-state index contributed by atoms with van der Waals surface area (Å²) in [4.78, 5) is 19.5. The van der Waals surface area contributed by atoms with E-state index in [4.69, 9.17) is 10.5 Å². The molecule has 2 heterocycles. The molecule has 0 bridgehead atoms. The molecule has 2 aliphatic heterocycles. The van der Waals surface area contributed by atoms with Crippen molar-refractivity contribution in [1.29, 1.82) is 0 Å². The van der Waals surface area contributed by atoms with E-state index in [1.165, 1.54) is 18.7 Å². The van der Waals surface area contributed by atoms with Gasteiger partial charge in [-0.1, -0.05) is 30.3 Å². The quantitative estimate of drug-likeness (QED) is 0.599. The lowest BCUT2D eigenvalue weighted by molar-refractivity contribution is -0.136. The Balaban J connectivity index is 1.22. The highest BCUT2D eigenvalue weighted by atomic mass is 19.1. The van der Waals surface area contributed by atoms with Crippen molar-refractivity contribution in [1.82, 2.24) is 14.7 Å². The first-order chi connectivity index (χ1) is 17.0. The van der Waals surface area contributed by atoms with E-state index in [0.29, 0.717) is 44.0 Å². The van der Waals surface area contributed by atoms with Crippen molar-refractivity contribution in [2.45, 2.75) is 31.8 Å². The summed E-state index contributed by atoms with van der Waals surface area (Å²) in [6.07, 6.45) is 2.93. The lowest BCUT2D eigenvalue weighted by atomic mass is 9.88. The zero-order valence-electron chi connectivity index (χ0n) is 20.5. The van der Waals surface area contributed by atoms with Gasteiger partial charge in [0.2, 0.25) is 5.91 Å². The molecule has 2 aliphatic rings. The molecule has 2 fully saturated rings. The molecule has 0 aliphatic carbocycles. The number of hydrogen-bond donors (Lipinski definition) is 2. The van der Waals surface area contributed by atoms with Crippen molar-refractivity contribution in [2.75, 3.05) is 52.9 Å². The molecule has 2 aromatic rings. The van der Waals surface area contributed by atoms with Crippen LogP contribution in [0.1, 0.15) is 24.0 Å². The van der Waals surface area contributed by atoms with Crippen molar-refractivity contribution in [3.05, 3.63) is 59.4 Å². The van der Waals surface area contributed by atoms with Crippen LogP contribution < -0.4 is 10.5 Å². The van der Waals surface area contributed by atoms with Crippen LogP contribution in [0.2, 0.25) is 0 Å². The second kappa shape index (κ2) is 11.8. The van der Waals surface area contributed by atoms with Gasteiger partial charge in [-0.2, -0.15) is 0 Å². The number of amides is 1. The first-order valence-electron chi connectivity index (χ1n) is 12.5. The van der Waals surface area contributed by atoms with Crippen molar-refractivity contribution in [3.63, 3.8) is 0 Å². The van der Waals surface area contributed by atoms with Gasteiger partial charge < -0.3 is 25.4 Å². The molecule has 0 radical (unpaired) electrons. The molecule has 8 heteroatoms. The molecule has 3 N–H and O–H groups in total. The lowest BCUT2D eigenvalue weighted by Gasteiger charge is -2.39. The topological polar surface area (TPSA) is 82.3 Å². The van der Waals surface area contributed by atoms with E-state index in [0.717, 1.165) is 38.9 Å². The maximum atomic E-state index is 14.4. The third-order valence-electron chi connectivity index (χ3n) is 7.45. The van der Waals surface area contributed by atoms with Crippen LogP contribution in [0, 0.1) is 11.7 Å². The Bertz CT molecular complexity index is 974. The minimum Gasteiger partial charge on any atom is -0.505 e. The Labute approximate surface area is 207 Å². The predicted octanol–water partition coefficient (Wildman–Crippen LogP) is 2.47. The zero-order chi connectivity index (χ0) is 24.8. The van der Waals surface area contributed by atoms with E-state index in [1.54, 1.807) is 6.07 Å². The van der Waals surface area contributed by atoms with Crippen LogP contribution in [-0.2, 0) is 17.8 Å². The van der Waals surface area contributed by atoms with E-state index in [1.807, 2.05) is 11.0 Å². The summed E-state index contributed by atoms with van der Waals surface area (Å²) in [6, 6.07) is 12.9. The summed E-state index contributed by atoms with van der Waals surface area (Å²) in [5.41, 5.74) is 8.14. The summed E-state index contributed by atoms with van der Waals surface area (Å²) in [5.74, 6) is -0.393. The number of carbonyl (C=O) groups is 1. The fourth-order valence-electron chi connectivity index (χ4n) is 5.16. The Kier molecular flexibility index (Phi) is 8.59. The van der Waals surface area contributed by atoms with Crippen molar-refractivity contribution < 1.29 is 19.0 Å². The molecule has 4 rings (SSSR count). The van der Waals surface area contributed by atoms with Gasteiger partial charge in [0.1, 0.15) is 5.75 Å². The molecule has 0 unspecified atom stereocenters. The van der Waals surface area contributed by atoms with Crippen molar-refractivity contribution in [2.24, 2.45) is 11.7 Å². The number of aromatic hydroxyl groups is 1. The summed E-state index contributed by atoms with van der Waals surface area (Å²) in [5, 5.41) is 9.73. The van der Waals surface area contributed by atoms with E-state index in [-0.39, 0.29) is 17.6 Å². The number of nitrogens with zero attached hydrogens (tertiary/aromatic N) is 3. The SMILES string of the molecule is COc1ccc(O)c(F)c1CN1CCN(C(=O)[C@H](N)C2CCN(CCc3ccccc3)CC2)CC1. The zero-order valence-corrected chi connectivity index (χ0v) is 20.5. The number of ether oxygens (including phenoxy) is 1. The van der Waals surface area contributed by atoms with Crippen molar-refractivity contribution in [3.8, 4) is 11.5 Å².